The molecule has 0 amide bonds. The maximum absolute atomic E-state index is 12.7. The predicted octanol–water partition coefficient (Wildman–Crippen LogP) is 4.79. The lowest BCUT2D eigenvalue weighted by Gasteiger charge is -2.31. The molecule has 0 saturated heterocycles. The van der Waals surface area contributed by atoms with E-state index in [-0.39, 0.29) is 16.7 Å². The molecule has 2 aromatic carbocycles. The van der Waals surface area contributed by atoms with Crippen LogP contribution in [0, 0.1) is 0 Å². The van der Waals surface area contributed by atoms with Gasteiger partial charge in [0.15, 0.2) is 11.5 Å². The Bertz CT molecular complexity index is 1320. The van der Waals surface area contributed by atoms with E-state index in [0.717, 1.165) is 52.3 Å². The number of fused-ring (bicyclic) bond motifs is 3. The van der Waals surface area contributed by atoms with E-state index >= 15 is 0 Å². The van der Waals surface area contributed by atoms with Crippen LogP contribution in [0.25, 0.3) is 0 Å². The summed E-state index contributed by atoms with van der Waals surface area (Å²) in [5.41, 5.74) is 5.82. The molecule has 0 fully saturated rings. The second-order valence-electron chi connectivity index (χ2n) is 10.3. The molecule has 170 valence electrons. The Morgan fingerprint density at radius 1 is 1.06 bits per heavy atom. The van der Waals surface area contributed by atoms with Crippen LogP contribution < -0.4 is 15.0 Å². The zero-order valence-electron chi connectivity index (χ0n) is 19.9. The van der Waals surface area contributed by atoms with E-state index in [0.29, 0.717) is 6.54 Å². The number of rotatable bonds is 4. The first kappa shape index (κ1) is 21.5. The maximum Gasteiger partial charge on any atom is 0.250 e. The number of hydrogen-bond donors (Lipinski definition) is 0. The molecule has 0 saturated carbocycles. The number of methoxy groups -OCH3 is 1. The third-order valence-electron chi connectivity index (χ3n) is 6.35. The summed E-state index contributed by atoms with van der Waals surface area (Å²) in [5.74, 6) is 1.59. The van der Waals surface area contributed by atoms with Crippen molar-refractivity contribution in [1.82, 2.24) is 4.57 Å². The number of hydrogen-bond acceptors (Lipinski definition) is 4. The van der Waals surface area contributed by atoms with Crippen LogP contribution in [-0.4, -0.2) is 28.5 Å². The van der Waals surface area contributed by atoms with Crippen molar-refractivity contribution in [3.05, 3.63) is 92.9 Å². The molecule has 0 N–H and O–H groups in total. The third-order valence-corrected chi connectivity index (χ3v) is 6.35. The fraction of sp³-hybridized carbons (Fsp3) is 0.357. The zero-order chi connectivity index (χ0) is 23.4. The van der Waals surface area contributed by atoms with Crippen molar-refractivity contribution >= 4 is 5.71 Å². The van der Waals surface area contributed by atoms with E-state index in [4.69, 9.17) is 14.5 Å². The molecule has 0 radical (unpaired) electrons. The molecule has 0 unspecified atom stereocenters. The summed E-state index contributed by atoms with van der Waals surface area (Å²) in [6.45, 7) is 9.02. The van der Waals surface area contributed by atoms with E-state index in [2.05, 4.69) is 33.8 Å². The standard InChI is InChI=1S/C28H30N2O3/c1-27(2)14-20-13-22(32-5)26-21(15-28(3,4)33-26)24(20)25(29-27)19-11-12-23(31)30(17-19)16-18-9-7-6-8-10-18/h6-13,17H,14-16H2,1-5H3. The van der Waals surface area contributed by atoms with Crippen LogP contribution in [0.4, 0.5) is 0 Å². The molecule has 5 nitrogen and oxygen atoms in total. The molecule has 5 heteroatoms. The first-order chi connectivity index (χ1) is 15.7. The quantitative estimate of drug-likeness (QED) is 0.584. The van der Waals surface area contributed by atoms with Gasteiger partial charge >= 0.3 is 0 Å². The number of pyridine rings is 1. The molecule has 2 aliphatic heterocycles. The topological polar surface area (TPSA) is 52.8 Å². The van der Waals surface area contributed by atoms with E-state index in [1.54, 1.807) is 17.7 Å². The van der Waals surface area contributed by atoms with E-state index < -0.39 is 0 Å². The Balaban J connectivity index is 1.68. The van der Waals surface area contributed by atoms with Gasteiger partial charge in [-0.05, 0) is 57.4 Å². The summed E-state index contributed by atoms with van der Waals surface area (Å²) < 4.78 is 13.8. The normalized spacial score (nSPS) is 17.5. The molecule has 33 heavy (non-hydrogen) atoms. The summed E-state index contributed by atoms with van der Waals surface area (Å²) in [6, 6.07) is 15.7. The minimum Gasteiger partial charge on any atom is -0.493 e. The third kappa shape index (κ3) is 3.97. The van der Waals surface area contributed by atoms with Gasteiger partial charge < -0.3 is 14.0 Å². The summed E-state index contributed by atoms with van der Waals surface area (Å²) >= 11 is 0. The molecule has 0 spiro atoms. The van der Waals surface area contributed by atoms with Crippen molar-refractivity contribution in [2.45, 2.75) is 58.2 Å². The van der Waals surface area contributed by atoms with Gasteiger partial charge in [0.1, 0.15) is 5.60 Å². The average molecular weight is 443 g/mol. The molecule has 1 aromatic heterocycles. The van der Waals surface area contributed by atoms with E-state index in [9.17, 15) is 4.79 Å². The Labute approximate surface area is 194 Å². The summed E-state index contributed by atoms with van der Waals surface area (Å²) in [5, 5.41) is 0. The Hall–Kier alpha value is -3.34. The van der Waals surface area contributed by atoms with Gasteiger partial charge in [0.25, 0.3) is 5.56 Å². The Kier molecular flexibility index (Phi) is 4.96. The molecule has 0 bridgehead atoms. The number of nitrogens with zero attached hydrogens (tertiary/aromatic N) is 2. The maximum atomic E-state index is 12.7. The van der Waals surface area contributed by atoms with Gasteiger partial charge in [-0.2, -0.15) is 0 Å². The molecule has 3 aromatic rings. The number of aliphatic imine (C=N–C) groups is 1. The van der Waals surface area contributed by atoms with Crippen molar-refractivity contribution in [1.29, 1.82) is 0 Å². The lowest BCUT2D eigenvalue weighted by atomic mass is 9.81. The fourth-order valence-electron chi connectivity index (χ4n) is 5.00. The first-order valence-corrected chi connectivity index (χ1v) is 11.4. The van der Waals surface area contributed by atoms with Gasteiger partial charge in [0.2, 0.25) is 0 Å². The molecule has 5 rings (SSSR count). The number of ether oxygens (including phenoxy) is 2. The largest absolute Gasteiger partial charge is 0.493 e. The fourth-order valence-corrected chi connectivity index (χ4v) is 5.00. The van der Waals surface area contributed by atoms with Crippen LogP contribution in [0.2, 0.25) is 0 Å². The van der Waals surface area contributed by atoms with Crippen LogP contribution >= 0.6 is 0 Å². The zero-order valence-corrected chi connectivity index (χ0v) is 19.9. The highest BCUT2D eigenvalue weighted by molar-refractivity contribution is 6.16. The van der Waals surface area contributed by atoms with Gasteiger partial charge in [-0.3, -0.25) is 9.79 Å². The summed E-state index contributed by atoms with van der Waals surface area (Å²) in [7, 11) is 1.69. The van der Waals surface area contributed by atoms with Crippen LogP contribution in [0.1, 0.15) is 55.5 Å². The number of aromatic nitrogens is 1. The second kappa shape index (κ2) is 7.62. The van der Waals surface area contributed by atoms with Crippen LogP contribution in [-0.2, 0) is 19.4 Å². The van der Waals surface area contributed by atoms with Crippen molar-refractivity contribution in [3.8, 4) is 11.5 Å². The molecule has 0 atom stereocenters. The van der Waals surface area contributed by atoms with Gasteiger partial charge in [-0.25, -0.2) is 0 Å². The highest BCUT2D eigenvalue weighted by atomic mass is 16.5. The van der Waals surface area contributed by atoms with Gasteiger partial charge in [0.05, 0.1) is 24.9 Å². The molecular formula is C28H30N2O3. The monoisotopic (exact) mass is 442 g/mol. The lowest BCUT2D eigenvalue weighted by Crippen LogP contribution is -2.31. The van der Waals surface area contributed by atoms with Gasteiger partial charge in [-0.15, -0.1) is 0 Å². The number of benzene rings is 2. The van der Waals surface area contributed by atoms with Crippen molar-refractivity contribution < 1.29 is 9.47 Å². The van der Waals surface area contributed by atoms with E-state index in [1.807, 2.05) is 42.6 Å². The van der Waals surface area contributed by atoms with Crippen molar-refractivity contribution in [3.63, 3.8) is 0 Å². The molecule has 2 aliphatic rings. The minimum atomic E-state index is -0.311. The van der Waals surface area contributed by atoms with Crippen molar-refractivity contribution in [2.24, 2.45) is 4.99 Å². The summed E-state index contributed by atoms with van der Waals surface area (Å²) in [6.07, 6.45) is 3.54. The smallest absolute Gasteiger partial charge is 0.250 e. The van der Waals surface area contributed by atoms with Gasteiger partial charge in [-0.1, -0.05) is 30.3 Å². The first-order valence-electron chi connectivity index (χ1n) is 11.4. The Morgan fingerprint density at radius 2 is 1.82 bits per heavy atom. The highest BCUT2D eigenvalue weighted by Gasteiger charge is 2.39. The van der Waals surface area contributed by atoms with Crippen molar-refractivity contribution in [2.75, 3.05) is 7.11 Å². The second-order valence-corrected chi connectivity index (χ2v) is 10.3. The Morgan fingerprint density at radius 3 is 2.55 bits per heavy atom. The lowest BCUT2D eigenvalue weighted by molar-refractivity contribution is 0.134. The highest BCUT2D eigenvalue weighted by Crippen LogP contribution is 2.47. The van der Waals surface area contributed by atoms with Crippen LogP contribution in [0.15, 0.2) is 64.5 Å². The van der Waals surface area contributed by atoms with Crippen LogP contribution in [0.5, 0.6) is 11.5 Å². The van der Waals surface area contributed by atoms with Crippen LogP contribution in [0.3, 0.4) is 0 Å². The summed E-state index contributed by atoms with van der Waals surface area (Å²) in [4.78, 5) is 17.9. The average Bonchev–Trinajstić information content (AvgIpc) is 3.09. The van der Waals surface area contributed by atoms with E-state index in [1.165, 1.54) is 5.56 Å². The SMILES string of the molecule is COc1cc2c(c3c1OC(C)(C)C3)C(c1ccc(=O)n(Cc3ccccc3)c1)=NC(C)(C)C2. The molecular weight excluding hydrogens is 412 g/mol. The minimum absolute atomic E-state index is 0.0251. The predicted molar refractivity (Wildman–Crippen MR) is 131 cm³/mol. The molecule has 0 aliphatic carbocycles. The van der Waals surface area contributed by atoms with Gasteiger partial charge in [0, 0.05) is 35.4 Å². The molecule has 3 heterocycles.